The SMILES string of the molecule is CCC(C)(C)c1cc(SOC)ccc1NCCCSO. The first kappa shape index (κ1) is 17.7. The largest absolute Gasteiger partial charge is 0.385 e. The smallest absolute Gasteiger partial charge is 0.0508 e. The second kappa shape index (κ2) is 8.82. The molecule has 1 aromatic rings. The van der Waals surface area contributed by atoms with Crippen molar-refractivity contribution in [2.45, 2.75) is 43.9 Å². The second-order valence-corrected chi connectivity index (χ2v) is 6.95. The van der Waals surface area contributed by atoms with Crippen molar-refractivity contribution in [3.05, 3.63) is 23.8 Å². The van der Waals surface area contributed by atoms with E-state index in [-0.39, 0.29) is 5.41 Å². The third kappa shape index (κ3) is 5.20. The highest BCUT2D eigenvalue weighted by atomic mass is 32.2. The number of nitrogens with one attached hydrogen (secondary N) is 1. The monoisotopic (exact) mass is 315 g/mol. The van der Waals surface area contributed by atoms with Crippen LogP contribution in [0.5, 0.6) is 0 Å². The normalized spacial score (nSPS) is 11.7. The molecule has 0 unspecified atom stereocenters. The average molecular weight is 316 g/mol. The van der Waals surface area contributed by atoms with Gasteiger partial charge in [-0.2, -0.15) is 0 Å². The highest BCUT2D eigenvalue weighted by Crippen LogP contribution is 2.35. The fourth-order valence-corrected chi connectivity index (χ4v) is 2.69. The molecule has 0 radical (unpaired) electrons. The number of rotatable bonds is 9. The molecule has 20 heavy (non-hydrogen) atoms. The molecule has 0 saturated heterocycles. The summed E-state index contributed by atoms with van der Waals surface area (Å²) in [7, 11) is 1.69. The summed E-state index contributed by atoms with van der Waals surface area (Å²) in [6, 6.07) is 6.41. The van der Waals surface area contributed by atoms with E-state index in [0.29, 0.717) is 0 Å². The molecule has 0 spiro atoms. The summed E-state index contributed by atoms with van der Waals surface area (Å²) in [5, 5.41) is 3.48. The van der Waals surface area contributed by atoms with Gasteiger partial charge in [0.25, 0.3) is 0 Å². The standard InChI is InChI=1S/C15H25NO2S2/c1-5-15(2,3)13-11-12(20-18-4)7-8-14(13)16-9-6-10-19-17/h7-8,11,16-17H,5-6,9-10H2,1-4H3. The maximum Gasteiger partial charge on any atom is 0.0508 e. The van der Waals surface area contributed by atoms with E-state index in [1.165, 1.54) is 23.3 Å². The van der Waals surface area contributed by atoms with Crippen LogP contribution in [0.4, 0.5) is 5.69 Å². The molecule has 5 heteroatoms. The second-order valence-electron chi connectivity index (χ2n) is 5.31. The zero-order valence-corrected chi connectivity index (χ0v) is 14.4. The zero-order chi connectivity index (χ0) is 15.0. The van der Waals surface area contributed by atoms with E-state index in [1.807, 2.05) is 0 Å². The average Bonchev–Trinajstić information content (AvgIpc) is 2.45. The Morgan fingerprint density at radius 3 is 2.70 bits per heavy atom. The van der Waals surface area contributed by atoms with Crippen molar-refractivity contribution < 1.29 is 8.74 Å². The van der Waals surface area contributed by atoms with Gasteiger partial charge >= 0.3 is 0 Å². The molecule has 0 amide bonds. The Morgan fingerprint density at radius 2 is 2.10 bits per heavy atom. The van der Waals surface area contributed by atoms with E-state index in [1.54, 1.807) is 7.11 Å². The fraction of sp³-hybridized carbons (Fsp3) is 0.600. The molecule has 114 valence electrons. The Bertz CT molecular complexity index is 411. The minimum absolute atomic E-state index is 0.123. The predicted octanol–water partition coefficient (Wildman–Crippen LogP) is 5.04. The van der Waals surface area contributed by atoms with Gasteiger partial charge in [0.1, 0.15) is 0 Å². The van der Waals surface area contributed by atoms with Crippen molar-refractivity contribution in [1.29, 1.82) is 0 Å². The highest BCUT2D eigenvalue weighted by molar-refractivity contribution is 7.94. The number of anilines is 1. The summed E-state index contributed by atoms with van der Waals surface area (Å²) in [6.07, 6.45) is 2.02. The van der Waals surface area contributed by atoms with Crippen LogP contribution in [-0.2, 0) is 9.60 Å². The van der Waals surface area contributed by atoms with Crippen LogP contribution in [0.15, 0.2) is 23.1 Å². The highest BCUT2D eigenvalue weighted by Gasteiger charge is 2.22. The van der Waals surface area contributed by atoms with Gasteiger partial charge in [-0.15, -0.1) is 0 Å². The van der Waals surface area contributed by atoms with Crippen LogP contribution in [0.3, 0.4) is 0 Å². The predicted molar refractivity (Wildman–Crippen MR) is 90.8 cm³/mol. The summed E-state index contributed by atoms with van der Waals surface area (Å²) >= 11 is 2.29. The van der Waals surface area contributed by atoms with Crippen molar-refractivity contribution >= 4 is 29.8 Å². The molecule has 0 aliphatic rings. The van der Waals surface area contributed by atoms with Gasteiger partial charge in [-0.3, -0.25) is 0 Å². The molecule has 1 aromatic carbocycles. The third-order valence-electron chi connectivity index (χ3n) is 3.51. The van der Waals surface area contributed by atoms with Crippen molar-refractivity contribution in [2.24, 2.45) is 0 Å². The lowest BCUT2D eigenvalue weighted by Crippen LogP contribution is -2.19. The van der Waals surface area contributed by atoms with E-state index < -0.39 is 0 Å². The minimum Gasteiger partial charge on any atom is -0.385 e. The molecule has 0 aromatic heterocycles. The van der Waals surface area contributed by atoms with Gasteiger partial charge < -0.3 is 14.1 Å². The molecule has 0 atom stereocenters. The van der Waals surface area contributed by atoms with E-state index >= 15 is 0 Å². The van der Waals surface area contributed by atoms with Gasteiger partial charge in [-0.1, -0.05) is 20.8 Å². The van der Waals surface area contributed by atoms with Gasteiger partial charge in [0.15, 0.2) is 0 Å². The van der Waals surface area contributed by atoms with Crippen LogP contribution in [0.2, 0.25) is 0 Å². The molecule has 0 fully saturated rings. The van der Waals surface area contributed by atoms with Crippen LogP contribution >= 0.6 is 24.1 Å². The summed E-state index contributed by atoms with van der Waals surface area (Å²) in [4.78, 5) is 1.13. The Kier molecular flexibility index (Phi) is 7.80. The molecular formula is C15H25NO2S2. The fourth-order valence-electron chi connectivity index (χ4n) is 1.94. The van der Waals surface area contributed by atoms with Crippen LogP contribution in [-0.4, -0.2) is 24.0 Å². The Labute approximate surface area is 131 Å². The van der Waals surface area contributed by atoms with E-state index in [4.69, 9.17) is 8.74 Å². The molecule has 0 aliphatic heterocycles. The Hall–Kier alpha value is -0.360. The molecule has 0 bridgehead atoms. The Balaban J connectivity index is 2.91. The molecule has 1 rings (SSSR count). The first-order valence-corrected chi connectivity index (χ1v) is 8.59. The number of benzene rings is 1. The first-order valence-electron chi connectivity index (χ1n) is 6.90. The lowest BCUT2D eigenvalue weighted by molar-refractivity contribution is 0.488. The maximum atomic E-state index is 8.75. The lowest BCUT2D eigenvalue weighted by atomic mass is 9.81. The van der Waals surface area contributed by atoms with E-state index in [9.17, 15) is 0 Å². The molecule has 3 nitrogen and oxygen atoms in total. The lowest BCUT2D eigenvalue weighted by Gasteiger charge is -2.27. The van der Waals surface area contributed by atoms with Crippen LogP contribution in [0, 0.1) is 0 Å². The van der Waals surface area contributed by atoms with Crippen molar-refractivity contribution in [1.82, 2.24) is 0 Å². The summed E-state index contributed by atoms with van der Waals surface area (Å²) in [6.45, 7) is 7.61. The van der Waals surface area contributed by atoms with Gasteiger partial charge in [0.2, 0.25) is 0 Å². The van der Waals surface area contributed by atoms with Crippen LogP contribution in [0.1, 0.15) is 39.2 Å². The van der Waals surface area contributed by atoms with Crippen LogP contribution in [0.25, 0.3) is 0 Å². The quantitative estimate of drug-likeness (QED) is 0.494. The molecule has 0 saturated carbocycles. The maximum absolute atomic E-state index is 8.75. The molecule has 0 heterocycles. The molecular weight excluding hydrogens is 290 g/mol. The Morgan fingerprint density at radius 1 is 1.35 bits per heavy atom. The summed E-state index contributed by atoms with van der Waals surface area (Å²) in [5.41, 5.74) is 2.62. The van der Waals surface area contributed by atoms with E-state index in [2.05, 4.69) is 44.3 Å². The number of hydrogen-bond donors (Lipinski definition) is 2. The van der Waals surface area contributed by atoms with Crippen molar-refractivity contribution in [3.8, 4) is 0 Å². The number of hydrogen-bond acceptors (Lipinski definition) is 5. The summed E-state index contributed by atoms with van der Waals surface area (Å²) in [5.74, 6) is 0.761. The minimum atomic E-state index is 0.123. The van der Waals surface area contributed by atoms with Gasteiger partial charge in [0.05, 0.1) is 7.11 Å². The van der Waals surface area contributed by atoms with Gasteiger partial charge in [0, 0.05) is 34.9 Å². The first-order chi connectivity index (χ1) is 9.55. The van der Waals surface area contributed by atoms with Gasteiger partial charge in [-0.05, 0) is 54.1 Å². The molecule has 2 N–H and O–H groups in total. The van der Waals surface area contributed by atoms with E-state index in [0.717, 1.165) is 42.1 Å². The van der Waals surface area contributed by atoms with Crippen molar-refractivity contribution in [3.63, 3.8) is 0 Å². The van der Waals surface area contributed by atoms with Crippen molar-refractivity contribution in [2.75, 3.05) is 24.7 Å². The summed E-state index contributed by atoms with van der Waals surface area (Å²) < 4.78 is 13.9. The molecule has 0 aliphatic carbocycles. The third-order valence-corrected chi connectivity index (χ3v) is 4.60. The van der Waals surface area contributed by atoms with Gasteiger partial charge in [-0.25, -0.2) is 0 Å². The zero-order valence-electron chi connectivity index (χ0n) is 12.7. The topological polar surface area (TPSA) is 41.5 Å². The van der Waals surface area contributed by atoms with Crippen LogP contribution < -0.4 is 5.32 Å².